The van der Waals surface area contributed by atoms with Crippen molar-refractivity contribution in [2.24, 2.45) is 0 Å². The van der Waals surface area contributed by atoms with Gasteiger partial charge in [-0.3, -0.25) is 4.79 Å². The summed E-state index contributed by atoms with van der Waals surface area (Å²) in [6.07, 6.45) is 6.90. The predicted octanol–water partition coefficient (Wildman–Crippen LogP) is 2.86. The fourth-order valence-corrected chi connectivity index (χ4v) is 3.60. The number of carbonyl (C=O) groups excluding carboxylic acids is 1. The van der Waals surface area contributed by atoms with E-state index >= 15 is 0 Å². The Bertz CT molecular complexity index is 930. The number of anilines is 1. The summed E-state index contributed by atoms with van der Waals surface area (Å²) in [6, 6.07) is 14.3. The van der Waals surface area contributed by atoms with Gasteiger partial charge >= 0.3 is 0 Å². The van der Waals surface area contributed by atoms with Crippen LogP contribution in [0.1, 0.15) is 17.5 Å². The second-order valence-corrected chi connectivity index (χ2v) is 7.18. The monoisotopic (exact) mass is 375 g/mol. The van der Waals surface area contributed by atoms with Crippen LogP contribution in [0, 0.1) is 6.92 Å². The van der Waals surface area contributed by atoms with Crippen molar-refractivity contribution in [2.75, 3.05) is 31.1 Å². The van der Waals surface area contributed by atoms with Crippen molar-refractivity contribution >= 4 is 11.7 Å². The van der Waals surface area contributed by atoms with Crippen LogP contribution in [0.15, 0.2) is 61.2 Å². The van der Waals surface area contributed by atoms with Crippen molar-refractivity contribution < 1.29 is 4.79 Å². The molecule has 1 aliphatic rings. The highest BCUT2D eigenvalue weighted by Crippen LogP contribution is 2.17. The zero-order valence-electron chi connectivity index (χ0n) is 16.2. The van der Waals surface area contributed by atoms with Gasteiger partial charge in [0.05, 0.1) is 0 Å². The highest BCUT2D eigenvalue weighted by atomic mass is 16.2. The molecule has 4 rings (SSSR count). The Kier molecular flexibility index (Phi) is 5.37. The molecule has 0 spiro atoms. The van der Waals surface area contributed by atoms with Crippen LogP contribution >= 0.6 is 0 Å². The molecule has 0 atom stereocenters. The van der Waals surface area contributed by atoms with Crippen LogP contribution in [0.4, 0.5) is 5.82 Å². The lowest BCUT2D eigenvalue weighted by atomic mass is 10.1. The van der Waals surface area contributed by atoms with Gasteiger partial charge in [0, 0.05) is 51.1 Å². The van der Waals surface area contributed by atoms with Gasteiger partial charge in [-0.1, -0.05) is 29.8 Å². The molecule has 1 aromatic carbocycles. The molecule has 144 valence electrons. The molecular weight excluding hydrogens is 350 g/mol. The average Bonchev–Trinajstić information content (AvgIpc) is 3.27. The SMILES string of the molecule is Cc1cccc(CCC(=O)N2CCN(c3cc(-n4cccc4)ncn3)CC2)c1. The first-order valence-electron chi connectivity index (χ1n) is 9.73. The molecular formula is C22H25N5O. The van der Waals surface area contributed by atoms with E-state index < -0.39 is 0 Å². The summed E-state index contributed by atoms with van der Waals surface area (Å²) in [4.78, 5) is 25.5. The molecule has 6 heteroatoms. The maximum Gasteiger partial charge on any atom is 0.223 e. The van der Waals surface area contributed by atoms with Crippen LogP contribution < -0.4 is 4.90 Å². The van der Waals surface area contributed by atoms with E-state index in [1.807, 2.05) is 40.1 Å². The molecule has 3 heterocycles. The number of benzene rings is 1. The highest BCUT2D eigenvalue weighted by Gasteiger charge is 2.22. The minimum Gasteiger partial charge on any atom is -0.353 e. The summed E-state index contributed by atoms with van der Waals surface area (Å²) in [6.45, 7) is 5.13. The second kappa shape index (κ2) is 8.25. The summed E-state index contributed by atoms with van der Waals surface area (Å²) in [5, 5.41) is 0. The van der Waals surface area contributed by atoms with Crippen LogP contribution in [-0.2, 0) is 11.2 Å². The summed E-state index contributed by atoms with van der Waals surface area (Å²) in [7, 11) is 0. The van der Waals surface area contributed by atoms with Gasteiger partial charge < -0.3 is 14.4 Å². The second-order valence-electron chi connectivity index (χ2n) is 7.18. The molecule has 1 aliphatic heterocycles. The molecule has 0 saturated carbocycles. The largest absolute Gasteiger partial charge is 0.353 e. The van der Waals surface area contributed by atoms with Crippen molar-refractivity contribution in [3.63, 3.8) is 0 Å². The lowest BCUT2D eigenvalue weighted by Crippen LogP contribution is -2.49. The molecule has 0 N–H and O–H groups in total. The summed E-state index contributed by atoms with van der Waals surface area (Å²) in [5.41, 5.74) is 2.47. The number of piperazine rings is 1. The number of rotatable bonds is 5. The third-order valence-corrected chi connectivity index (χ3v) is 5.17. The molecule has 6 nitrogen and oxygen atoms in total. The minimum atomic E-state index is 0.233. The fourth-order valence-electron chi connectivity index (χ4n) is 3.60. The van der Waals surface area contributed by atoms with Gasteiger partial charge in [0.15, 0.2) is 0 Å². The lowest BCUT2D eigenvalue weighted by molar-refractivity contribution is -0.131. The molecule has 1 saturated heterocycles. The van der Waals surface area contributed by atoms with E-state index in [1.54, 1.807) is 6.33 Å². The van der Waals surface area contributed by atoms with Crippen molar-refractivity contribution in [1.82, 2.24) is 19.4 Å². The summed E-state index contributed by atoms with van der Waals surface area (Å²) in [5.74, 6) is 1.99. The molecule has 1 fully saturated rings. The number of aryl methyl sites for hydroxylation is 2. The van der Waals surface area contributed by atoms with Crippen LogP contribution in [-0.4, -0.2) is 51.5 Å². The van der Waals surface area contributed by atoms with E-state index in [1.165, 1.54) is 11.1 Å². The maximum absolute atomic E-state index is 12.6. The average molecular weight is 375 g/mol. The standard InChI is InChI=1S/C22H25N5O/c1-18-5-4-6-19(15-18)7-8-22(28)27-13-11-26(12-14-27)21-16-20(23-17-24-21)25-9-2-3-10-25/h2-6,9-10,15-17H,7-8,11-14H2,1H3. The Hall–Kier alpha value is -3.15. The third-order valence-electron chi connectivity index (χ3n) is 5.17. The summed E-state index contributed by atoms with van der Waals surface area (Å²) >= 11 is 0. The third kappa shape index (κ3) is 4.22. The van der Waals surface area contributed by atoms with Crippen molar-refractivity contribution in [2.45, 2.75) is 19.8 Å². The van der Waals surface area contributed by atoms with Crippen LogP contribution in [0.5, 0.6) is 0 Å². The quantitative estimate of drug-likeness (QED) is 0.688. The normalized spacial score (nSPS) is 14.3. The van der Waals surface area contributed by atoms with Gasteiger partial charge in [-0.25, -0.2) is 9.97 Å². The molecule has 0 bridgehead atoms. The summed E-state index contributed by atoms with van der Waals surface area (Å²) < 4.78 is 1.97. The van der Waals surface area contributed by atoms with Gasteiger partial charge in [0.2, 0.25) is 5.91 Å². The minimum absolute atomic E-state index is 0.233. The lowest BCUT2D eigenvalue weighted by Gasteiger charge is -2.35. The maximum atomic E-state index is 12.6. The Morgan fingerprint density at radius 2 is 1.71 bits per heavy atom. The van der Waals surface area contributed by atoms with Gasteiger partial charge in [-0.2, -0.15) is 0 Å². The van der Waals surface area contributed by atoms with Gasteiger partial charge in [-0.15, -0.1) is 0 Å². The number of nitrogens with zero attached hydrogens (tertiary/aromatic N) is 5. The molecule has 2 aromatic heterocycles. The Labute approximate surface area is 165 Å². The smallest absolute Gasteiger partial charge is 0.223 e. The van der Waals surface area contributed by atoms with Gasteiger partial charge in [-0.05, 0) is 31.0 Å². The van der Waals surface area contributed by atoms with Gasteiger partial charge in [0.25, 0.3) is 0 Å². The molecule has 0 radical (unpaired) electrons. The fraction of sp³-hybridized carbons (Fsp3) is 0.318. The van der Waals surface area contributed by atoms with E-state index in [4.69, 9.17) is 0 Å². The van der Waals surface area contributed by atoms with Crippen LogP contribution in [0.3, 0.4) is 0 Å². The first-order valence-corrected chi connectivity index (χ1v) is 9.73. The molecule has 28 heavy (non-hydrogen) atoms. The van der Waals surface area contributed by atoms with Crippen molar-refractivity contribution in [3.8, 4) is 5.82 Å². The highest BCUT2D eigenvalue weighted by molar-refractivity contribution is 5.76. The molecule has 0 unspecified atom stereocenters. The first-order chi connectivity index (χ1) is 13.7. The predicted molar refractivity (Wildman–Crippen MR) is 110 cm³/mol. The van der Waals surface area contributed by atoms with E-state index in [9.17, 15) is 4.79 Å². The van der Waals surface area contributed by atoms with Gasteiger partial charge in [0.1, 0.15) is 18.0 Å². The Balaban J connectivity index is 1.32. The van der Waals surface area contributed by atoms with E-state index in [2.05, 4.69) is 46.1 Å². The zero-order chi connectivity index (χ0) is 19.3. The topological polar surface area (TPSA) is 54.3 Å². The Morgan fingerprint density at radius 3 is 2.46 bits per heavy atom. The van der Waals surface area contributed by atoms with Crippen LogP contribution in [0.2, 0.25) is 0 Å². The number of amides is 1. The van der Waals surface area contributed by atoms with E-state index in [0.29, 0.717) is 6.42 Å². The number of hydrogen-bond donors (Lipinski definition) is 0. The zero-order valence-corrected chi connectivity index (χ0v) is 16.2. The number of aromatic nitrogens is 3. The molecule has 3 aromatic rings. The molecule has 1 amide bonds. The molecule has 0 aliphatic carbocycles. The Morgan fingerprint density at radius 1 is 0.964 bits per heavy atom. The first kappa shape index (κ1) is 18.2. The van der Waals surface area contributed by atoms with E-state index in [-0.39, 0.29) is 5.91 Å². The van der Waals surface area contributed by atoms with E-state index in [0.717, 1.165) is 44.2 Å². The van der Waals surface area contributed by atoms with Crippen molar-refractivity contribution in [3.05, 3.63) is 72.3 Å². The number of carbonyl (C=O) groups is 1. The number of hydrogen-bond acceptors (Lipinski definition) is 4. The van der Waals surface area contributed by atoms with Crippen molar-refractivity contribution in [1.29, 1.82) is 0 Å². The van der Waals surface area contributed by atoms with Crippen LogP contribution in [0.25, 0.3) is 5.82 Å².